The molecule has 0 aromatic heterocycles. The molecule has 6 nitrogen and oxygen atoms in total. The molecule has 0 spiro atoms. The Kier molecular flexibility index (Phi) is 5.58. The van der Waals surface area contributed by atoms with E-state index < -0.39 is 11.4 Å². The van der Waals surface area contributed by atoms with E-state index >= 15 is 0 Å². The number of carbonyl (C=O) groups excluding carboxylic acids is 1. The van der Waals surface area contributed by atoms with E-state index in [2.05, 4.69) is 5.16 Å². The highest BCUT2D eigenvalue weighted by Crippen LogP contribution is 2.32. The van der Waals surface area contributed by atoms with Crippen LogP contribution in [-0.2, 0) is 9.63 Å². The highest BCUT2D eigenvalue weighted by atomic mass is 16.7. The van der Waals surface area contributed by atoms with Gasteiger partial charge < -0.3 is 19.0 Å². The number of nitrogens with zero attached hydrogens (tertiary/aromatic N) is 1. The second kappa shape index (κ2) is 6.97. The molecule has 0 saturated carbocycles. The zero-order chi connectivity index (χ0) is 16.0. The van der Waals surface area contributed by atoms with Crippen LogP contribution in [0.5, 0.6) is 17.2 Å². The lowest BCUT2D eigenvalue weighted by atomic mass is 9.98. The van der Waals surface area contributed by atoms with Crippen LogP contribution in [0.15, 0.2) is 17.3 Å². The van der Waals surface area contributed by atoms with Crippen LogP contribution < -0.4 is 14.2 Å². The first-order valence-corrected chi connectivity index (χ1v) is 6.38. The molecule has 0 amide bonds. The van der Waals surface area contributed by atoms with Crippen molar-refractivity contribution in [3.05, 3.63) is 17.7 Å². The molecule has 0 unspecified atom stereocenters. The van der Waals surface area contributed by atoms with Gasteiger partial charge in [0.1, 0.15) is 17.2 Å². The van der Waals surface area contributed by atoms with Gasteiger partial charge in [0, 0.05) is 12.1 Å². The Bertz CT molecular complexity index is 506. The summed E-state index contributed by atoms with van der Waals surface area (Å²) in [4.78, 5) is 16.5. The minimum Gasteiger partial charge on any atom is -0.496 e. The van der Waals surface area contributed by atoms with Gasteiger partial charge in [-0.3, -0.25) is 0 Å². The molecular formula is C15H21NO5. The predicted molar refractivity (Wildman–Crippen MR) is 79.2 cm³/mol. The van der Waals surface area contributed by atoms with E-state index in [1.165, 1.54) is 20.4 Å². The van der Waals surface area contributed by atoms with Crippen molar-refractivity contribution in [1.29, 1.82) is 0 Å². The summed E-state index contributed by atoms with van der Waals surface area (Å²) < 4.78 is 15.7. The molecule has 1 rings (SSSR count). The Morgan fingerprint density at radius 3 is 1.95 bits per heavy atom. The fourth-order valence-corrected chi connectivity index (χ4v) is 1.42. The van der Waals surface area contributed by atoms with Crippen LogP contribution in [0.25, 0.3) is 0 Å². The SMILES string of the molecule is COc1cc(OC)c(C=NOC(=O)C(C)(C)C)c(OC)c1. The quantitative estimate of drug-likeness (QED) is 0.474. The molecule has 6 heteroatoms. The standard InChI is InChI=1S/C15H21NO5/c1-15(2,3)14(17)21-16-9-11-12(19-5)7-10(18-4)8-13(11)20-6/h7-9H,1-6H3. The number of hydrogen-bond acceptors (Lipinski definition) is 6. The summed E-state index contributed by atoms with van der Waals surface area (Å²) in [5.74, 6) is 1.17. The van der Waals surface area contributed by atoms with E-state index in [0.29, 0.717) is 22.8 Å². The maximum Gasteiger partial charge on any atom is 0.340 e. The van der Waals surface area contributed by atoms with Gasteiger partial charge in [-0.1, -0.05) is 5.16 Å². The molecule has 0 fully saturated rings. The van der Waals surface area contributed by atoms with Gasteiger partial charge in [0.05, 0.1) is 38.5 Å². The summed E-state index contributed by atoms with van der Waals surface area (Å²) in [5.41, 5.74) is -0.0617. The molecule has 21 heavy (non-hydrogen) atoms. The molecule has 0 aliphatic rings. The molecule has 0 atom stereocenters. The zero-order valence-electron chi connectivity index (χ0n) is 13.2. The van der Waals surface area contributed by atoms with Crippen LogP contribution in [0.4, 0.5) is 0 Å². The van der Waals surface area contributed by atoms with Crippen molar-refractivity contribution < 1.29 is 23.8 Å². The Hall–Kier alpha value is -2.24. The van der Waals surface area contributed by atoms with E-state index in [0.717, 1.165) is 0 Å². The third-order valence-electron chi connectivity index (χ3n) is 2.68. The largest absolute Gasteiger partial charge is 0.496 e. The van der Waals surface area contributed by atoms with Gasteiger partial charge >= 0.3 is 5.97 Å². The molecular weight excluding hydrogens is 274 g/mol. The fourth-order valence-electron chi connectivity index (χ4n) is 1.42. The lowest BCUT2D eigenvalue weighted by Gasteiger charge is -2.13. The third kappa shape index (κ3) is 4.37. The predicted octanol–water partition coefficient (Wildman–Crippen LogP) is 2.64. The number of oxime groups is 1. The van der Waals surface area contributed by atoms with Crippen molar-refractivity contribution in [2.24, 2.45) is 10.6 Å². The van der Waals surface area contributed by atoms with Gasteiger partial charge in [0.15, 0.2) is 0 Å². The van der Waals surface area contributed by atoms with E-state index in [-0.39, 0.29) is 0 Å². The highest BCUT2D eigenvalue weighted by molar-refractivity contribution is 5.88. The lowest BCUT2D eigenvalue weighted by molar-refractivity contribution is -0.152. The first-order chi connectivity index (χ1) is 9.83. The Balaban J connectivity index is 3.04. The van der Waals surface area contributed by atoms with Crippen molar-refractivity contribution in [2.75, 3.05) is 21.3 Å². The topological polar surface area (TPSA) is 66.3 Å². The number of carbonyl (C=O) groups is 1. The number of methoxy groups -OCH3 is 3. The molecule has 0 aliphatic carbocycles. The summed E-state index contributed by atoms with van der Waals surface area (Å²) >= 11 is 0. The van der Waals surface area contributed by atoms with Crippen molar-refractivity contribution >= 4 is 12.2 Å². The summed E-state index contributed by atoms with van der Waals surface area (Å²) in [6, 6.07) is 3.38. The van der Waals surface area contributed by atoms with Crippen LogP contribution >= 0.6 is 0 Å². The zero-order valence-corrected chi connectivity index (χ0v) is 13.2. The number of rotatable bonds is 5. The maximum absolute atomic E-state index is 11.6. The minimum atomic E-state index is -0.620. The first-order valence-electron chi connectivity index (χ1n) is 6.38. The molecule has 0 N–H and O–H groups in total. The van der Waals surface area contributed by atoms with Crippen molar-refractivity contribution in [3.8, 4) is 17.2 Å². The van der Waals surface area contributed by atoms with Crippen LogP contribution in [0.1, 0.15) is 26.3 Å². The summed E-state index contributed by atoms with van der Waals surface area (Å²) in [7, 11) is 4.59. The smallest absolute Gasteiger partial charge is 0.340 e. The average molecular weight is 295 g/mol. The Morgan fingerprint density at radius 1 is 1.05 bits per heavy atom. The van der Waals surface area contributed by atoms with E-state index in [1.54, 1.807) is 40.0 Å². The van der Waals surface area contributed by atoms with Crippen molar-refractivity contribution in [2.45, 2.75) is 20.8 Å². The lowest BCUT2D eigenvalue weighted by Crippen LogP contribution is -2.21. The molecule has 0 radical (unpaired) electrons. The van der Waals surface area contributed by atoms with Crippen LogP contribution in [-0.4, -0.2) is 33.5 Å². The second-order valence-corrected chi connectivity index (χ2v) is 5.31. The fraction of sp³-hybridized carbons (Fsp3) is 0.467. The van der Waals surface area contributed by atoms with E-state index in [4.69, 9.17) is 19.0 Å². The first kappa shape index (κ1) is 16.8. The summed E-state index contributed by atoms with van der Waals surface area (Å²) in [6.45, 7) is 5.25. The second-order valence-electron chi connectivity index (χ2n) is 5.31. The molecule has 0 saturated heterocycles. The average Bonchev–Trinajstić information content (AvgIpc) is 2.45. The number of benzene rings is 1. The normalized spacial score (nSPS) is 11.3. The van der Waals surface area contributed by atoms with E-state index in [9.17, 15) is 4.79 Å². The number of hydrogen-bond donors (Lipinski definition) is 0. The minimum absolute atomic E-state index is 0.426. The maximum atomic E-state index is 11.6. The third-order valence-corrected chi connectivity index (χ3v) is 2.68. The summed E-state index contributed by atoms with van der Waals surface area (Å²) in [6.07, 6.45) is 1.38. The molecule has 0 bridgehead atoms. The van der Waals surface area contributed by atoms with Crippen LogP contribution in [0.2, 0.25) is 0 Å². The van der Waals surface area contributed by atoms with Crippen LogP contribution in [0, 0.1) is 5.41 Å². The molecule has 1 aromatic rings. The van der Waals surface area contributed by atoms with Crippen LogP contribution in [0.3, 0.4) is 0 Å². The monoisotopic (exact) mass is 295 g/mol. The summed E-state index contributed by atoms with van der Waals surface area (Å²) in [5, 5.41) is 3.71. The van der Waals surface area contributed by atoms with Crippen molar-refractivity contribution in [1.82, 2.24) is 0 Å². The Morgan fingerprint density at radius 2 is 1.57 bits per heavy atom. The Labute approximate surface area is 124 Å². The molecule has 116 valence electrons. The van der Waals surface area contributed by atoms with Gasteiger partial charge in [-0.2, -0.15) is 0 Å². The molecule has 1 aromatic carbocycles. The van der Waals surface area contributed by atoms with Gasteiger partial charge in [-0.15, -0.1) is 0 Å². The van der Waals surface area contributed by atoms with Gasteiger partial charge in [0.2, 0.25) is 0 Å². The van der Waals surface area contributed by atoms with E-state index in [1.807, 2.05) is 0 Å². The number of ether oxygens (including phenoxy) is 3. The van der Waals surface area contributed by atoms with Gasteiger partial charge in [-0.05, 0) is 20.8 Å². The molecule has 0 aliphatic heterocycles. The van der Waals surface area contributed by atoms with Gasteiger partial charge in [0.25, 0.3) is 0 Å². The van der Waals surface area contributed by atoms with Gasteiger partial charge in [-0.25, -0.2) is 4.79 Å². The van der Waals surface area contributed by atoms with Crippen molar-refractivity contribution in [3.63, 3.8) is 0 Å². The molecule has 0 heterocycles. The highest BCUT2D eigenvalue weighted by Gasteiger charge is 2.23.